The normalized spacial score (nSPS) is 32.0. The Kier molecular flexibility index (Phi) is 3.06. The monoisotopic (exact) mass is 286 g/mol. The van der Waals surface area contributed by atoms with Crippen molar-refractivity contribution in [3.8, 4) is 11.3 Å². The van der Waals surface area contributed by atoms with E-state index in [0.717, 1.165) is 16.9 Å². The summed E-state index contributed by atoms with van der Waals surface area (Å²) in [6.07, 6.45) is 3.00. The summed E-state index contributed by atoms with van der Waals surface area (Å²) >= 11 is 0. The lowest BCUT2D eigenvalue weighted by Gasteiger charge is -2.45. The number of hydrogen-bond donors (Lipinski definition) is 2. The third-order valence-electron chi connectivity index (χ3n) is 4.42. The molecule has 2 aliphatic heterocycles. The van der Waals surface area contributed by atoms with E-state index < -0.39 is 5.60 Å². The molecule has 3 heterocycles. The van der Waals surface area contributed by atoms with Crippen molar-refractivity contribution in [1.29, 1.82) is 0 Å². The first-order chi connectivity index (χ1) is 10.2. The van der Waals surface area contributed by atoms with Crippen LogP contribution in [0.3, 0.4) is 0 Å². The third kappa shape index (κ3) is 2.37. The smallest absolute Gasteiger partial charge is 0.166 e. The molecule has 0 saturated carbocycles. The highest BCUT2D eigenvalue weighted by atomic mass is 16.5. The zero-order valence-electron chi connectivity index (χ0n) is 11.7. The van der Waals surface area contributed by atoms with Gasteiger partial charge in [0.05, 0.1) is 25.0 Å². The number of hydrogen-bond acceptors (Lipinski definition) is 5. The summed E-state index contributed by atoms with van der Waals surface area (Å²) in [5, 5.41) is 18.3. The highest BCUT2D eigenvalue weighted by Gasteiger charge is 2.42. The van der Waals surface area contributed by atoms with Gasteiger partial charge in [-0.25, -0.2) is 0 Å². The summed E-state index contributed by atoms with van der Waals surface area (Å²) in [4.78, 5) is 0. The molecule has 2 saturated heterocycles. The Morgan fingerprint density at radius 3 is 2.43 bits per heavy atom. The lowest BCUT2D eigenvalue weighted by atomic mass is 9.78. The van der Waals surface area contributed by atoms with Gasteiger partial charge in [0.25, 0.3) is 0 Å². The first-order valence-electron chi connectivity index (χ1n) is 7.31. The van der Waals surface area contributed by atoms with Crippen LogP contribution in [0.1, 0.15) is 18.4 Å². The fraction of sp³-hybridized carbons (Fsp3) is 0.438. The van der Waals surface area contributed by atoms with Crippen molar-refractivity contribution < 1.29 is 14.4 Å². The fourth-order valence-electron chi connectivity index (χ4n) is 3.46. The van der Waals surface area contributed by atoms with Crippen molar-refractivity contribution in [3.05, 3.63) is 42.1 Å². The van der Waals surface area contributed by atoms with Crippen molar-refractivity contribution in [2.45, 2.75) is 30.5 Å². The molecule has 0 amide bonds. The zero-order chi connectivity index (χ0) is 14.3. The van der Waals surface area contributed by atoms with E-state index in [1.54, 1.807) is 6.20 Å². The van der Waals surface area contributed by atoms with Gasteiger partial charge in [0.15, 0.2) is 5.76 Å². The summed E-state index contributed by atoms with van der Waals surface area (Å²) in [5.41, 5.74) is 1.16. The number of nitrogens with one attached hydrogen (secondary N) is 1. The maximum atomic E-state index is 11.0. The van der Waals surface area contributed by atoms with Gasteiger partial charge in [0, 0.05) is 23.7 Å². The molecule has 5 heteroatoms. The molecule has 0 spiro atoms. The Hall–Kier alpha value is -1.69. The Bertz CT molecular complexity index is 597. The SMILES string of the molecule is OC1(c2ccc(-c3ccno3)cc2)CC2COCC(C1)N2. The number of aromatic nitrogens is 1. The van der Waals surface area contributed by atoms with Crippen LogP contribution in [-0.4, -0.2) is 35.6 Å². The predicted molar refractivity (Wildman–Crippen MR) is 76.6 cm³/mol. The molecule has 4 rings (SSSR count). The number of fused-ring (bicyclic) bond motifs is 2. The van der Waals surface area contributed by atoms with Crippen LogP contribution in [0.2, 0.25) is 0 Å². The van der Waals surface area contributed by atoms with Crippen LogP contribution in [0.25, 0.3) is 11.3 Å². The Morgan fingerprint density at radius 1 is 1.10 bits per heavy atom. The van der Waals surface area contributed by atoms with Gasteiger partial charge in [-0.2, -0.15) is 0 Å². The van der Waals surface area contributed by atoms with Gasteiger partial charge >= 0.3 is 0 Å². The number of piperidine rings is 1. The van der Waals surface area contributed by atoms with Crippen molar-refractivity contribution in [1.82, 2.24) is 10.5 Å². The van der Waals surface area contributed by atoms with E-state index in [-0.39, 0.29) is 12.1 Å². The van der Waals surface area contributed by atoms with Crippen LogP contribution < -0.4 is 5.32 Å². The number of aliphatic hydroxyl groups is 1. The largest absolute Gasteiger partial charge is 0.385 e. The first-order valence-corrected chi connectivity index (χ1v) is 7.31. The van der Waals surface area contributed by atoms with Gasteiger partial charge in [0.1, 0.15) is 0 Å². The number of rotatable bonds is 2. The fourth-order valence-corrected chi connectivity index (χ4v) is 3.46. The van der Waals surface area contributed by atoms with Crippen LogP contribution in [0.4, 0.5) is 0 Å². The summed E-state index contributed by atoms with van der Waals surface area (Å²) in [6.45, 7) is 1.35. The van der Waals surface area contributed by atoms with Gasteiger partial charge in [0.2, 0.25) is 0 Å². The van der Waals surface area contributed by atoms with Gasteiger partial charge < -0.3 is 19.7 Å². The second-order valence-corrected chi connectivity index (χ2v) is 5.99. The predicted octanol–water partition coefficient (Wildman–Crippen LogP) is 1.68. The molecule has 0 radical (unpaired) electrons. The van der Waals surface area contributed by atoms with E-state index in [1.807, 2.05) is 30.3 Å². The van der Waals surface area contributed by atoms with Crippen molar-refractivity contribution >= 4 is 0 Å². The standard InChI is InChI=1S/C16H18N2O3/c19-16(7-13-9-20-10-14(8-16)18-13)12-3-1-11(2-4-12)15-5-6-17-21-15/h1-6,13-14,18-19H,7-10H2. The van der Waals surface area contributed by atoms with E-state index in [1.165, 1.54) is 0 Å². The van der Waals surface area contributed by atoms with Crippen LogP contribution in [-0.2, 0) is 10.3 Å². The topological polar surface area (TPSA) is 67.5 Å². The molecule has 2 atom stereocenters. The van der Waals surface area contributed by atoms with Crippen LogP contribution in [0, 0.1) is 0 Å². The lowest BCUT2D eigenvalue weighted by molar-refractivity contribution is -0.0802. The molecule has 1 aromatic carbocycles. The molecule has 2 aromatic rings. The molecule has 5 nitrogen and oxygen atoms in total. The summed E-state index contributed by atoms with van der Waals surface area (Å²) < 4.78 is 10.7. The van der Waals surface area contributed by atoms with Gasteiger partial charge in [-0.05, 0) is 18.4 Å². The number of nitrogens with zero attached hydrogens (tertiary/aromatic N) is 1. The summed E-state index contributed by atoms with van der Waals surface area (Å²) in [6, 6.07) is 10.2. The van der Waals surface area contributed by atoms with Crippen LogP contribution in [0.15, 0.2) is 41.1 Å². The second kappa shape index (κ2) is 4.94. The molecule has 110 valence electrons. The van der Waals surface area contributed by atoms with E-state index in [4.69, 9.17) is 9.26 Å². The minimum Gasteiger partial charge on any atom is -0.385 e. The highest BCUT2D eigenvalue weighted by Crippen LogP contribution is 2.37. The third-order valence-corrected chi connectivity index (χ3v) is 4.42. The van der Waals surface area contributed by atoms with Crippen LogP contribution in [0.5, 0.6) is 0 Å². The molecule has 2 N–H and O–H groups in total. The molecule has 2 unspecified atom stereocenters. The number of benzene rings is 1. The molecule has 21 heavy (non-hydrogen) atoms. The van der Waals surface area contributed by atoms with Crippen molar-refractivity contribution in [3.63, 3.8) is 0 Å². The Morgan fingerprint density at radius 2 is 1.81 bits per heavy atom. The Labute approximate surface area is 122 Å². The van der Waals surface area contributed by atoms with Crippen molar-refractivity contribution in [2.24, 2.45) is 0 Å². The second-order valence-electron chi connectivity index (χ2n) is 5.99. The van der Waals surface area contributed by atoms with Gasteiger partial charge in [-0.3, -0.25) is 0 Å². The molecular formula is C16H18N2O3. The summed E-state index contributed by atoms with van der Waals surface area (Å²) in [7, 11) is 0. The average Bonchev–Trinajstić information content (AvgIpc) is 3.01. The first kappa shape index (κ1) is 13.0. The average molecular weight is 286 g/mol. The van der Waals surface area contributed by atoms with Crippen LogP contribution >= 0.6 is 0 Å². The van der Waals surface area contributed by atoms with Crippen molar-refractivity contribution in [2.75, 3.05) is 13.2 Å². The molecule has 1 aromatic heterocycles. The van der Waals surface area contributed by atoms with E-state index >= 15 is 0 Å². The number of ether oxygens (including phenoxy) is 1. The highest BCUT2D eigenvalue weighted by molar-refractivity contribution is 5.57. The molecule has 0 aliphatic carbocycles. The maximum absolute atomic E-state index is 11.0. The van der Waals surface area contributed by atoms with Gasteiger partial charge in [-0.1, -0.05) is 29.4 Å². The quantitative estimate of drug-likeness (QED) is 0.879. The minimum atomic E-state index is -0.774. The van der Waals surface area contributed by atoms with E-state index in [0.29, 0.717) is 26.1 Å². The van der Waals surface area contributed by atoms with E-state index in [9.17, 15) is 5.11 Å². The number of morpholine rings is 1. The minimum absolute atomic E-state index is 0.233. The molecule has 2 aliphatic rings. The molecular weight excluding hydrogens is 268 g/mol. The lowest BCUT2D eigenvalue weighted by Crippen LogP contribution is -2.58. The van der Waals surface area contributed by atoms with E-state index in [2.05, 4.69) is 10.5 Å². The zero-order valence-corrected chi connectivity index (χ0v) is 11.7. The van der Waals surface area contributed by atoms with Gasteiger partial charge in [-0.15, -0.1) is 0 Å². The summed E-state index contributed by atoms with van der Waals surface area (Å²) in [5.74, 6) is 0.740. The molecule has 2 bridgehead atoms. The Balaban J connectivity index is 1.60. The maximum Gasteiger partial charge on any atom is 0.166 e. The molecule has 2 fully saturated rings.